The third kappa shape index (κ3) is 3.96. The number of alkyl halides is 3. The molecule has 0 unspecified atom stereocenters. The summed E-state index contributed by atoms with van der Waals surface area (Å²) in [4.78, 5) is 25.1. The second-order valence-corrected chi connectivity index (χ2v) is 6.62. The number of hydrogen-bond donors (Lipinski definition) is 0. The molecule has 0 radical (unpaired) electrons. The number of benzene rings is 1. The van der Waals surface area contributed by atoms with E-state index in [-0.39, 0.29) is 12.0 Å². The molecule has 1 aromatic carbocycles. The molecule has 4 nitrogen and oxygen atoms in total. The molecule has 0 aromatic heterocycles. The number of carbonyl (C=O) groups is 2. The van der Waals surface area contributed by atoms with Gasteiger partial charge in [0.2, 0.25) is 0 Å². The minimum absolute atomic E-state index is 0.127. The SMILES string of the molecule is CC(C)(C)[C@H]1COC(=O)N1C(=O)/C=C/c1ccc(C(F)(F)F)cc1. The molecule has 130 valence electrons. The van der Waals surface area contributed by atoms with E-state index >= 15 is 0 Å². The third-order valence-corrected chi connectivity index (χ3v) is 3.77. The minimum Gasteiger partial charge on any atom is -0.447 e. The lowest BCUT2D eigenvalue weighted by Gasteiger charge is -2.30. The molecule has 1 fully saturated rings. The van der Waals surface area contributed by atoms with Gasteiger partial charge in [-0.15, -0.1) is 0 Å². The summed E-state index contributed by atoms with van der Waals surface area (Å²) in [5, 5.41) is 0. The minimum atomic E-state index is -4.41. The Hall–Kier alpha value is -2.31. The van der Waals surface area contributed by atoms with E-state index in [0.29, 0.717) is 5.56 Å². The molecule has 1 aromatic rings. The van der Waals surface area contributed by atoms with Gasteiger partial charge in [0, 0.05) is 6.08 Å². The number of rotatable bonds is 2. The van der Waals surface area contributed by atoms with E-state index in [1.807, 2.05) is 20.8 Å². The molecule has 0 saturated carbocycles. The fourth-order valence-electron chi connectivity index (χ4n) is 2.33. The van der Waals surface area contributed by atoms with Gasteiger partial charge in [-0.3, -0.25) is 4.79 Å². The predicted octanol–water partition coefficient (Wildman–Crippen LogP) is 4.11. The van der Waals surface area contributed by atoms with Crippen LogP contribution < -0.4 is 0 Å². The summed E-state index contributed by atoms with van der Waals surface area (Å²) in [7, 11) is 0. The van der Waals surface area contributed by atoms with Crippen LogP contribution in [0, 0.1) is 5.41 Å². The first kappa shape index (κ1) is 18.0. The molecule has 0 bridgehead atoms. The van der Waals surface area contributed by atoms with Gasteiger partial charge in [0.15, 0.2) is 0 Å². The van der Waals surface area contributed by atoms with Crippen LogP contribution in [0.25, 0.3) is 6.08 Å². The zero-order chi connectivity index (χ0) is 18.1. The van der Waals surface area contributed by atoms with Crippen LogP contribution in [0.15, 0.2) is 30.3 Å². The summed E-state index contributed by atoms with van der Waals surface area (Å²) >= 11 is 0. The van der Waals surface area contributed by atoms with Crippen molar-refractivity contribution < 1.29 is 27.5 Å². The fraction of sp³-hybridized carbons (Fsp3) is 0.412. The highest BCUT2D eigenvalue weighted by molar-refractivity contribution is 6.02. The Labute approximate surface area is 137 Å². The zero-order valence-corrected chi connectivity index (χ0v) is 13.6. The van der Waals surface area contributed by atoms with E-state index < -0.39 is 29.8 Å². The van der Waals surface area contributed by atoms with E-state index in [9.17, 15) is 22.8 Å². The molecule has 0 aliphatic carbocycles. The average Bonchev–Trinajstić information content (AvgIpc) is 2.86. The Morgan fingerprint density at radius 3 is 2.29 bits per heavy atom. The van der Waals surface area contributed by atoms with E-state index in [4.69, 9.17) is 4.74 Å². The number of imide groups is 1. The van der Waals surface area contributed by atoms with Gasteiger partial charge < -0.3 is 4.74 Å². The van der Waals surface area contributed by atoms with Gasteiger partial charge in [-0.2, -0.15) is 13.2 Å². The summed E-state index contributed by atoms with van der Waals surface area (Å²) in [6, 6.07) is 4.00. The van der Waals surface area contributed by atoms with E-state index in [1.54, 1.807) is 0 Å². The summed E-state index contributed by atoms with van der Waals surface area (Å²) < 4.78 is 42.5. The normalized spacial score (nSPS) is 19.0. The monoisotopic (exact) mass is 341 g/mol. The van der Waals surface area contributed by atoms with Gasteiger partial charge in [0.25, 0.3) is 5.91 Å². The molecule has 1 aliphatic rings. The molecule has 7 heteroatoms. The maximum atomic E-state index is 12.5. The maximum Gasteiger partial charge on any atom is 0.417 e. The number of carbonyl (C=O) groups excluding carboxylic acids is 2. The summed E-state index contributed by atoms with van der Waals surface area (Å²) in [5.41, 5.74) is -0.678. The van der Waals surface area contributed by atoms with Crippen molar-refractivity contribution in [2.75, 3.05) is 6.61 Å². The second kappa shape index (κ2) is 6.30. The highest BCUT2D eigenvalue weighted by Crippen LogP contribution is 2.30. The smallest absolute Gasteiger partial charge is 0.417 e. The number of ether oxygens (including phenoxy) is 1. The number of halogens is 3. The van der Waals surface area contributed by atoms with E-state index in [1.165, 1.54) is 18.2 Å². The van der Waals surface area contributed by atoms with Crippen LogP contribution in [0.1, 0.15) is 31.9 Å². The number of amides is 2. The van der Waals surface area contributed by atoms with Gasteiger partial charge in [0.05, 0.1) is 11.6 Å². The third-order valence-electron chi connectivity index (χ3n) is 3.77. The van der Waals surface area contributed by atoms with Crippen molar-refractivity contribution in [1.82, 2.24) is 4.90 Å². The fourth-order valence-corrected chi connectivity index (χ4v) is 2.33. The Morgan fingerprint density at radius 1 is 1.21 bits per heavy atom. The molecule has 0 N–H and O–H groups in total. The van der Waals surface area contributed by atoms with Crippen molar-refractivity contribution in [3.63, 3.8) is 0 Å². The number of hydrogen-bond acceptors (Lipinski definition) is 3. The van der Waals surface area contributed by atoms with Gasteiger partial charge in [0.1, 0.15) is 6.61 Å². The first-order valence-electron chi connectivity index (χ1n) is 7.35. The highest BCUT2D eigenvalue weighted by atomic mass is 19.4. The Morgan fingerprint density at radius 2 is 1.79 bits per heavy atom. The van der Waals surface area contributed by atoms with Gasteiger partial charge in [-0.25, -0.2) is 9.69 Å². The Bertz CT molecular complexity index is 657. The van der Waals surface area contributed by atoms with Gasteiger partial charge in [-0.05, 0) is 29.2 Å². The van der Waals surface area contributed by atoms with Crippen molar-refractivity contribution in [3.05, 3.63) is 41.5 Å². The molecule has 1 atom stereocenters. The van der Waals surface area contributed by atoms with Crippen LogP contribution in [0.3, 0.4) is 0 Å². The largest absolute Gasteiger partial charge is 0.447 e. The molecule has 2 rings (SSSR count). The lowest BCUT2D eigenvalue weighted by Crippen LogP contribution is -2.45. The van der Waals surface area contributed by atoms with Crippen LogP contribution in [0.4, 0.5) is 18.0 Å². The predicted molar refractivity (Wildman–Crippen MR) is 81.9 cm³/mol. The molecule has 0 spiro atoms. The number of nitrogens with zero attached hydrogens (tertiary/aromatic N) is 1. The van der Waals surface area contributed by atoms with Gasteiger partial charge >= 0.3 is 12.3 Å². The highest BCUT2D eigenvalue weighted by Gasteiger charge is 2.43. The topological polar surface area (TPSA) is 46.6 Å². The molecule has 1 saturated heterocycles. The molecule has 2 amide bonds. The van der Waals surface area contributed by atoms with Crippen LogP contribution in [0.2, 0.25) is 0 Å². The standard InChI is InChI=1S/C17H18F3NO3/c1-16(2,3)13-10-24-15(23)21(13)14(22)9-6-11-4-7-12(8-5-11)17(18,19)20/h4-9,13H,10H2,1-3H3/b9-6+/t13-/m1/s1. The zero-order valence-electron chi connectivity index (χ0n) is 13.6. The summed E-state index contributed by atoms with van der Waals surface area (Å²) in [5.74, 6) is -0.558. The molecule has 1 aliphatic heterocycles. The van der Waals surface area contributed by atoms with Crippen molar-refractivity contribution in [2.24, 2.45) is 5.41 Å². The lowest BCUT2D eigenvalue weighted by molar-refractivity contribution is -0.137. The molecular formula is C17H18F3NO3. The quantitative estimate of drug-likeness (QED) is 0.761. The summed E-state index contributed by atoms with van der Waals surface area (Å²) in [6.45, 7) is 5.79. The van der Waals surface area contributed by atoms with Crippen molar-refractivity contribution in [3.8, 4) is 0 Å². The van der Waals surface area contributed by atoms with Crippen LogP contribution in [-0.2, 0) is 15.7 Å². The maximum absolute atomic E-state index is 12.5. The lowest BCUT2D eigenvalue weighted by atomic mass is 9.86. The summed E-state index contributed by atoms with van der Waals surface area (Å²) in [6.07, 6.45) is -2.59. The van der Waals surface area contributed by atoms with E-state index in [2.05, 4.69) is 0 Å². The van der Waals surface area contributed by atoms with Gasteiger partial charge in [-0.1, -0.05) is 32.9 Å². The first-order chi connectivity index (χ1) is 11.0. The van der Waals surface area contributed by atoms with E-state index in [0.717, 1.165) is 23.1 Å². The Kier molecular flexibility index (Phi) is 4.73. The molecule has 24 heavy (non-hydrogen) atoms. The van der Waals surface area contributed by atoms with Crippen LogP contribution in [0.5, 0.6) is 0 Å². The second-order valence-electron chi connectivity index (χ2n) is 6.62. The van der Waals surface area contributed by atoms with Crippen LogP contribution in [-0.4, -0.2) is 29.5 Å². The average molecular weight is 341 g/mol. The first-order valence-corrected chi connectivity index (χ1v) is 7.35. The molecule has 1 heterocycles. The van der Waals surface area contributed by atoms with Crippen molar-refractivity contribution >= 4 is 18.1 Å². The molecular weight excluding hydrogens is 323 g/mol. The van der Waals surface area contributed by atoms with Crippen molar-refractivity contribution in [2.45, 2.75) is 33.0 Å². The van der Waals surface area contributed by atoms with Crippen LogP contribution >= 0.6 is 0 Å². The number of cyclic esters (lactones) is 1. The van der Waals surface area contributed by atoms with Crippen molar-refractivity contribution in [1.29, 1.82) is 0 Å². The Balaban J connectivity index is 2.13.